The van der Waals surface area contributed by atoms with Crippen molar-refractivity contribution in [2.24, 2.45) is 0 Å². The number of benzene rings is 1. The van der Waals surface area contributed by atoms with Crippen LogP contribution in [0.2, 0.25) is 0 Å². The second-order valence-electron chi connectivity index (χ2n) is 3.50. The number of ether oxygens (including phenoxy) is 1. The molecule has 1 rings (SSSR count). The number of halogens is 1. The zero-order valence-corrected chi connectivity index (χ0v) is 9.62. The van der Waals surface area contributed by atoms with Gasteiger partial charge in [0.05, 0.1) is 6.61 Å². The smallest absolute Gasteiger partial charge is 0.220 e. The van der Waals surface area contributed by atoms with Crippen molar-refractivity contribution in [1.82, 2.24) is 5.32 Å². The molecule has 0 bridgehead atoms. The van der Waals surface area contributed by atoms with E-state index < -0.39 is 0 Å². The molecule has 0 spiro atoms. The van der Waals surface area contributed by atoms with Gasteiger partial charge in [0.1, 0.15) is 11.6 Å². The largest absolute Gasteiger partial charge is 0.494 e. The maximum atomic E-state index is 12.6. The molecule has 92 valence electrons. The van der Waals surface area contributed by atoms with Crippen molar-refractivity contribution in [3.63, 3.8) is 0 Å². The van der Waals surface area contributed by atoms with Crippen molar-refractivity contribution in [2.45, 2.75) is 12.8 Å². The summed E-state index contributed by atoms with van der Waals surface area (Å²) in [5.74, 6) is 0.298. The number of rotatable bonds is 7. The third kappa shape index (κ3) is 5.70. The maximum absolute atomic E-state index is 12.6. The average molecular weight is 237 g/mol. The topological polar surface area (TPSA) is 38.3 Å². The van der Waals surface area contributed by atoms with Gasteiger partial charge in [-0.25, -0.2) is 4.39 Å². The van der Waals surface area contributed by atoms with Gasteiger partial charge >= 0.3 is 0 Å². The van der Waals surface area contributed by atoms with Crippen LogP contribution in [-0.4, -0.2) is 19.1 Å². The summed E-state index contributed by atoms with van der Waals surface area (Å²) < 4.78 is 17.9. The highest BCUT2D eigenvalue weighted by Gasteiger charge is 2.00. The van der Waals surface area contributed by atoms with Gasteiger partial charge in [0.15, 0.2) is 0 Å². The van der Waals surface area contributed by atoms with Gasteiger partial charge in [0.25, 0.3) is 0 Å². The van der Waals surface area contributed by atoms with Crippen molar-refractivity contribution >= 4 is 5.91 Å². The van der Waals surface area contributed by atoms with E-state index >= 15 is 0 Å². The summed E-state index contributed by atoms with van der Waals surface area (Å²) in [6.07, 6.45) is 2.67. The molecule has 1 N–H and O–H groups in total. The minimum Gasteiger partial charge on any atom is -0.494 e. The number of hydrogen-bond donors (Lipinski definition) is 1. The summed E-state index contributed by atoms with van der Waals surface area (Å²) in [5, 5.41) is 2.68. The van der Waals surface area contributed by atoms with Gasteiger partial charge in [-0.2, -0.15) is 0 Å². The van der Waals surface area contributed by atoms with E-state index in [1.54, 1.807) is 18.2 Å². The molecule has 3 nitrogen and oxygen atoms in total. The van der Waals surface area contributed by atoms with Crippen LogP contribution in [0.15, 0.2) is 36.9 Å². The summed E-state index contributed by atoms with van der Waals surface area (Å²) in [6, 6.07) is 5.80. The molecule has 4 heteroatoms. The second-order valence-corrected chi connectivity index (χ2v) is 3.50. The van der Waals surface area contributed by atoms with Gasteiger partial charge in [0, 0.05) is 13.0 Å². The lowest BCUT2D eigenvalue weighted by Gasteiger charge is -2.06. The summed E-state index contributed by atoms with van der Waals surface area (Å²) in [6.45, 7) is 4.43. The second kappa shape index (κ2) is 7.44. The van der Waals surface area contributed by atoms with Gasteiger partial charge < -0.3 is 10.1 Å². The highest BCUT2D eigenvalue weighted by atomic mass is 19.1. The fourth-order valence-corrected chi connectivity index (χ4v) is 1.23. The summed E-state index contributed by atoms with van der Waals surface area (Å²) >= 11 is 0. The summed E-state index contributed by atoms with van der Waals surface area (Å²) in [4.78, 5) is 11.2. The van der Waals surface area contributed by atoms with Crippen molar-refractivity contribution < 1.29 is 13.9 Å². The highest BCUT2D eigenvalue weighted by molar-refractivity contribution is 5.75. The monoisotopic (exact) mass is 237 g/mol. The van der Waals surface area contributed by atoms with E-state index in [1.165, 1.54) is 12.1 Å². The Hall–Kier alpha value is -1.84. The highest BCUT2D eigenvalue weighted by Crippen LogP contribution is 2.11. The van der Waals surface area contributed by atoms with Crippen LogP contribution in [0.5, 0.6) is 5.75 Å². The zero-order valence-electron chi connectivity index (χ0n) is 9.62. The molecule has 0 aromatic heterocycles. The maximum Gasteiger partial charge on any atom is 0.220 e. The first-order valence-corrected chi connectivity index (χ1v) is 5.48. The van der Waals surface area contributed by atoms with Crippen LogP contribution in [0.4, 0.5) is 4.39 Å². The van der Waals surface area contributed by atoms with E-state index in [9.17, 15) is 9.18 Å². The Morgan fingerprint density at radius 3 is 2.76 bits per heavy atom. The molecule has 0 unspecified atom stereocenters. The predicted molar refractivity (Wildman–Crippen MR) is 64.3 cm³/mol. The molecule has 0 heterocycles. The standard InChI is InChI=1S/C13H16FNO2/c1-2-9-15-13(16)4-3-10-17-12-7-5-11(14)6-8-12/h2,5-8H,1,3-4,9-10H2,(H,15,16). The van der Waals surface area contributed by atoms with Gasteiger partial charge in [-0.15, -0.1) is 6.58 Å². The quantitative estimate of drug-likeness (QED) is 0.583. The number of carbonyl (C=O) groups is 1. The Labute approximate surface area is 100 Å². The number of carbonyl (C=O) groups excluding carboxylic acids is 1. The van der Waals surface area contributed by atoms with Crippen LogP contribution in [0, 0.1) is 5.82 Å². The Kier molecular flexibility index (Phi) is 5.79. The molecule has 17 heavy (non-hydrogen) atoms. The molecule has 0 fully saturated rings. The average Bonchev–Trinajstić information content (AvgIpc) is 2.34. The van der Waals surface area contributed by atoms with E-state index in [0.29, 0.717) is 31.7 Å². The van der Waals surface area contributed by atoms with Crippen molar-refractivity contribution in [3.8, 4) is 5.75 Å². The van der Waals surface area contributed by atoms with Gasteiger partial charge in [0.2, 0.25) is 5.91 Å². The van der Waals surface area contributed by atoms with E-state index in [2.05, 4.69) is 11.9 Å². The molecule has 0 saturated heterocycles. The van der Waals surface area contributed by atoms with Crippen LogP contribution >= 0.6 is 0 Å². The minimum absolute atomic E-state index is 0.0207. The van der Waals surface area contributed by atoms with Crippen molar-refractivity contribution in [2.75, 3.05) is 13.2 Å². The molecule has 1 aromatic carbocycles. The third-order valence-electron chi connectivity index (χ3n) is 2.07. The first kappa shape index (κ1) is 13.2. The third-order valence-corrected chi connectivity index (χ3v) is 2.07. The minimum atomic E-state index is -0.291. The van der Waals surface area contributed by atoms with Crippen LogP contribution in [0.1, 0.15) is 12.8 Å². The summed E-state index contributed by atoms with van der Waals surface area (Å²) in [7, 11) is 0. The lowest BCUT2D eigenvalue weighted by Crippen LogP contribution is -2.23. The lowest BCUT2D eigenvalue weighted by molar-refractivity contribution is -0.121. The van der Waals surface area contributed by atoms with E-state index in [4.69, 9.17) is 4.74 Å². The predicted octanol–water partition coefficient (Wildman–Crippen LogP) is 2.29. The molecular weight excluding hydrogens is 221 g/mol. The molecule has 1 aromatic rings. The van der Waals surface area contributed by atoms with Crippen LogP contribution in [0.25, 0.3) is 0 Å². The van der Waals surface area contributed by atoms with Crippen LogP contribution in [-0.2, 0) is 4.79 Å². The number of nitrogens with one attached hydrogen (secondary N) is 1. The first-order valence-electron chi connectivity index (χ1n) is 5.48. The van der Waals surface area contributed by atoms with Crippen LogP contribution < -0.4 is 10.1 Å². The SMILES string of the molecule is C=CCNC(=O)CCCOc1ccc(F)cc1. The molecule has 1 amide bonds. The van der Waals surface area contributed by atoms with Gasteiger partial charge in [-0.05, 0) is 30.7 Å². The van der Waals surface area contributed by atoms with E-state index in [-0.39, 0.29) is 11.7 Å². The Morgan fingerprint density at radius 2 is 2.12 bits per heavy atom. The summed E-state index contributed by atoms with van der Waals surface area (Å²) in [5.41, 5.74) is 0. The molecule has 0 aliphatic heterocycles. The normalized spacial score (nSPS) is 9.71. The number of hydrogen-bond acceptors (Lipinski definition) is 2. The molecule has 0 radical (unpaired) electrons. The van der Waals surface area contributed by atoms with Gasteiger partial charge in [-0.1, -0.05) is 6.08 Å². The Balaban J connectivity index is 2.13. The first-order chi connectivity index (χ1) is 8.22. The van der Waals surface area contributed by atoms with Crippen molar-refractivity contribution in [1.29, 1.82) is 0 Å². The molecular formula is C13H16FNO2. The molecule has 0 aliphatic carbocycles. The van der Waals surface area contributed by atoms with Gasteiger partial charge in [-0.3, -0.25) is 4.79 Å². The lowest BCUT2D eigenvalue weighted by atomic mass is 10.3. The molecule has 0 saturated carbocycles. The zero-order chi connectivity index (χ0) is 12.5. The molecule has 0 atom stereocenters. The fraction of sp³-hybridized carbons (Fsp3) is 0.308. The van der Waals surface area contributed by atoms with Crippen molar-refractivity contribution in [3.05, 3.63) is 42.7 Å². The Bertz CT molecular complexity index is 362. The van der Waals surface area contributed by atoms with Crippen LogP contribution in [0.3, 0.4) is 0 Å². The molecule has 0 aliphatic rings. The van der Waals surface area contributed by atoms with E-state index in [0.717, 1.165) is 0 Å². The Morgan fingerprint density at radius 1 is 1.41 bits per heavy atom. The number of amides is 1. The fourth-order valence-electron chi connectivity index (χ4n) is 1.23. The van der Waals surface area contributed by atoms with E-state index in [1.807, 2.05) is 0 Å².